The number of ether oxygens (including phenoxy) is 1. The van der Waals surface area contributed by atoms with E-state index in [0.717, 1.165) is 25.7 Å². The molecule has 26 heavy (non-hydrogen) atoms. The third-order valence-electron chi connectivity index (χ3n) is 5.54. The number of amides is 2. The maximum atomic E-state index is 12.7. The van der Waals surface area contributed by atoms with Crippen molar-refractivity contribution in [3.8, 4) is 0 Å². The first-order valence-electron chi connectivity index (χ1n) is 9.06. The summed E-state index contributed by atoms with van der Waals surface area (Å²) in [5.74, 6) is -0.729. The van der Waals surface area contributed by atoms with Crippen LogP contribution in [0.2, 0.25) is 0 Å². The Labute approximate surface area is 153 Å². The SMILES string of the molecule is O=C1[C@@H]2CCCC[C@H]2C(=O)N1c1ccc(S(=O)(=O)N2CCOCC2)cc1. The first-order valence-corrected chi connectivity index (χ1v) is 10.5. The summed E-state index contributed by atoms with van der Waals surface area (Å²) < 4.78 is 31.9. The average Bonchev–Trinajstić information content (AvgIpc) is 2.94. The summed E-state index contributed by atoms with van der Waals surface area (Å²) in [4.78, 5) is 26.7. The van der Waals surface area contributed by atoms with Crippen molar-refractivity contribution in [2.45, 2.75) is 30.6 Å². The normalized spacial score (nSPS) is 27.6. The van der Waals surface area contributed by atoms with Crippen LogP contribution in [0.4, 0.5) is 5.69 Å². The molecule has 0 spiro atoms. The highest BCUT2D eigenvalue weighted by molar-refractivity contribution is 7.89. The average molecular weight is 378 g/mol. The number of sulfonamides is 1. The smallest absolute Gasteiger partial charge is 0.243 e. The largest absolute Gasteiger partial charge is 0.379 e. The van der Waals surface area contributed by atoms with Crippen LogP contribution in [0.25, 0.3) is 0 Å². The minimum absolute atomic E-state index is 0.150. The molecular formula is C18H22N2O5S. The molecule has 0 bridgehead atoms. The topological polar surface area (TPSA) is 84.0 Å². The van der Waals surface area contributed by atoms with Gasteiger partial charge in [0.25, 0.3) is 0 Å². The summed E-state index contributed by atoms with van der Waals surface area (Å²) in [5, 5.41) is 0. The molecular weight excluding hydrogens is 356 g/mol. The highest BCUT2D eigenvalue weighted by Crippen LogP contribution is 2.40. The Balaban J connectivity index is 1.58. The first kappa shape index (κ1) is 17.6. The maximum absolute atomic E-state index is 12.7. The third-order valence-corrected chi connectivity index (χ3v) is 7.46. The fraction of sp³-hybridized carbons (Fsp3) is 0.556. The Morgan fingerprint density at radius 2 is 1.42 bits per heavy atom. The molecule has 8 heteroatoms. The van der Waals surface area contributed by atoms with Crippen molar-refractivity contribution < 1.29 is 22.7 Å². The predicted molar refractivity (Wildman–Crippen MR) is 94.0 cm³/mol. The summed E-state index contributed by atoms with van der Waals surface area (Å²) in [6, 6.07) is 6.06. The van der Waals surface area contributed by atoms with E-state index in [9.17, 15) is 18.0 Å². The second kappa shape index (κ2) is 6.75. The van der Waals surface area contributed by atoms with Gasteiger partial charge in [0, 0.05) is 13.1 Å². The van der Waals surface area contributed by atoms with Gasteiger partial charge in [-0.05, 0) is 37.1 Å². The Morgan fingerprint density at radius 3 is 1.96 bits per heavy atom. The lowest BCUT2D eigenvalue weighted by molar-refractivity contribution is -0.122. The van der Waals surface area contributed by atoms with Crippen LogP contribution in [0.5, 0.6) is 0 Å². The van der Waals surface area contributed by atoms with Crippen molar-refractivity contribution >= 4 is 27.5 Å². The molecule has 0 N–H and O–H groups in total. The minimum Gasteiger partial charge on any atom is -0.379 e. The molecule has 2 aliphatic heterocycles. The van der Waals surface area contributed by atoms with Gasteiger partial charge in [-0.2, -0.15) is 4.31 Å². The van der Waals surface area contributed by atoms with Crippen molar-refractivity contribution in [1.82, 2.24) is 4.31 Å². The van der Waals surface area contributed by atoms with Crippen LogP contribution in [0.15, 0.2) is 29.2 Å². The number of nitrogens with zero attached hydrogens (tertiary/aromatic N) is 2. The Bertz CT molecular complexity index is 790. The number of carbonyl (C=O) groups is 2. The Kier molecular flexibility index (Phi) is 4.58. The number of benzene rings is 1. The van der Waals surface area contributed by atoms with E-state index in [1.54, 1.807) is 12.1 Å². The van der Waals surface area contributed by atoms with E-state index in [4.69, 9.17) is 4.74 Å². The highest BCUT2D eigenvalue weighted by atomic mass is 32.2. The number of hydrogen-bond acceptors (Lipinski definition) is 5. The van der Waals surface area contributed by atoms with Crippen LogP contribution in [0.1, 0.15) is 25.7 Å². The summed E-state index contributed by atoms with van der Waals surface area (Å²) in [6.07, 6.45) is 3.47. The van der Waals surface area contributed by atoms with Crippen LogP contribution in [0.3, 0.4) is 0 Å². The number of anilines is 1. The van der Waals surface area contributed by atoms with Crippen LogP contribution >= 0.6 is 0 Å². The molecule has 2 heterocycles. The number of imide groups is 1. The monoisotopic (exact) mass is 378 g/mol. The lowest BCUT2D eigenvalue weighted by Crippen LogP contribution is -2.40. The van der Waals surface area contributed by atoms with Gasteiger partial charge in [-0.1, -0.05) is 12.8 Å². The van der Waals surface area contributed by atoms with Crippen LogP contribution in [-0.4, -0.2) is 50.8 Å². The molecule has 3 aliphatic rings. The fourth-order valence-electron chi connectivity index (χ4n) is 4.12. The van der Waals surface area contributed by atoms with E-state index < -0.39 is 10.0 Å². The summed E-state index contributed by atoms with van der Waals surface area (Å²) >= 11 is 0. The number of rotatable bonds is 3. The van der Waals surface area contributed by atoms with Gasteiger partial charge in [-0.25, -0.2) is 8.42 Å². The van der Waals surface area contributed by atoms with Gasteiger partial charge in [-0.15, -0.1) is 0 Å². The van der Waals surface area contributed by atoms with Crippen molar-refractivity contribution in [3.63, 3.8) is 0 Å². The molecule has 0 unspecified atom stereocenters. The van der Waals surface area contributed by atoms with Crippen molar-refractivity contribution in [3.05, 3.63) is 24.3 Å². The number of morpholine rings is 1. The molecule has 1 aromatic carbocycles. The Hall–Kier alpha value is -1.77. The number of hydrogen-bond donors (Lipinski definition) is 0. The molecule has 4 rings (SSSR count). The predicted octanol–water partition coefficient (Wildman–Crippen LogP) is 1.39. The maximum Gasteiger partial charge on any atom is 0.243 e. The van der Waals surface area contributed by atoms with E-state index in [-0.39, 0.29) is 28.5 Å². The van der Waals surface area contributed by atoms with E-state index in [1.165, 1.54) is 21.3 Å². The second-order valence-corrected chi connectivity index (χ2v) is 8.96. The van der Waals surface area contributed by atoms with Gasteiger partial charge in [0.1, 0.15) is 0 Å². The van der Waals surface area contributed by atoms with Crippen molar-refractivity contribution in [2.75, 3.05) is 31.2 Å². The second-order valence-electron chi connectivity index (χ2n) is 7.02. The molecule has 1 saturated carbocycles. The third kappa shape index (κ3) is 2.86. The van der Waals surface area contributed by atoms with Gasteiger partial charge in [-0.3, -0.25) is 14.5 Å². The highest BCUT2D eigenvalue weighted by Gasteiger charge is 2.48. The Morgan fingerprint density at radius 1 is 0.885 bits per heavy atom. The van der Waals surface area contributed by atoms with Gasteiger partial charge < -0.3 is 4.74 Å². The minimum atomic E-state index is -3.59. The molecule has 2 saturated heterocycles. The first-order chi connectivity index (χ1) is 12.5. The summed E-state index contributed by atoms with van der Waals surface area (Å²) in [6.45, 7) is 1.43. The molecule has 0 aromatic heterocycles. The molecule has 2 atom stereocenters. The van der Waals surface area contributed by atoms with Gasteiger partial charge in [0.15, 0.2) is 0 Å². The van der Waals surface area contributed by atoms with Crippen LogP contribution in [0, 0.1) is 11.8 Å². The van der Waals surface area contributed by atoms with Gasteiger partial charge in [0.2, 0.25) is 21.8 Å². The van der Waals surface area contributed by atoms with Crippen molar-refractivity contribution in [1.29, 1.82) is 0 Å². The summed E-state index contributed by atoms with van der Waals surface area (Å²) in [5.41, 5.74) is 0.454. The standard InChI is InChI=1S/C18H22N2O5S/c21-17-15-3-1-2-4-16(15)18(22)20(17)13-5-7-14(8-6-13)26(23,24)19-9-11-25-12-10-19/h5-8,15-16H,1-4,9-12H2/t15-,16-/m1/s1. The quantitative estimate of drug-likeness (QED) is 0.742. The van der Waals surface area contributed by atoms with Crippen molar-refractivity contribution in [2.24, 2.45) is 11.8 Å². The zero-order chi connectivity index (χ0) is 18.3. The van der Waals surface area contributed by atoms with E-state index in [1.807, 2.05) is 0 Å². The van der Waals surface area contributed by atoms with E-state index >= 15 is 0 Å². The molecule has 2 amide bonds. The fourth-order valence-corrected chi connectivity index (χ4v) is 5.53. The van der Waals surface area contributed by atoms with Crippen LogP contribution in [-0.2, 0) is 24.3 Å². The molecule has 3 fully saturated rings. The number of fused-ring (bicyclic) bond motifs is 1. The molecule has 140 valence electrons. The molecule has 7 nitrogen and oxygen atoms in total. The molecule has 1 aliphatic carbocycles. The lowest BCUT2D eigenvalue weighted by Gasteiger charge is -2.26. The van der Waals surface area contributed by atoms with Gasteiger partial charge >= 0.3 is 0 Å². The van der Waals surface area contributed by atoms with E-state index in [2.05, 4.69) is 0 Å². The number of carbonyl (C=O) groups excluding carboxylic acids is 2. The van der Waals surface area contributed by atoms with E-state index in [0.29, 0.717) is 32.0 Å². The molecule has 0 radical (unpaired) electrons. The van der Waals surface area contributed by atoms with Crippen LogP contribution < -0.4 is 4.90 Å². The van der Waals surface area contributed by atoms with Gasteiger partial charge in [0.05, 0.1) is 35.6 Å². The lowest BCUT2D eigenvalue weighted by atomic mass is 9.81. The summed E-state index contributed by atoms with van der Waals surface area (Å²) in [7, 11) is -3.59. The zero-order valence-electron chi connectivity index (χ0n) is 14.5. The molecule has 1 aromatic rings. The zero-order valence-corrected chi connectivity index (χ0v) is 15.3.